The highest BCUT2D eigenvalue weighted by Gasteiger charge is 2.15. The maximum atomic E-state index is 10.7. The van der Waals surface area contributed by atoms with E-state index in [1.807, 2.05) is 0 Å². The van der Waals surface area contributed by atoms with Crippen LogP contribution in [0.4, 0.5) is 5.82 Å². The summed E-state index contributed by atoms with van der Waals surface area (Å²) >= 11 is 0. The molecule has 0 saturated heterocycles. The van der Waals surface area contributed by atoms with E-state index in [1.54, 1.807) is 13.3 Å². The Morgan fingerprint density at radius 2 is 2.21 bits per heavy atom. The van der Waals surface area contributed by atoms with Crippen molar-refractivity contribution in [2.45, 2.75) is 45.4 Å². The third kappa shape index (κ3) is 3.66. The Morgan fingerprint density at radius 3 is 3.00 bits per heavy atom. The topological polar surface area (TPSA) is 75.1 Å². The molecule has 0 amide bonds. The number of aromatic nitrogens is 2. The summed E-state index contributed by atoms with van der Waals surface area (Å²) < 4.78 is 0. The summed E-state index contributed by atoms with van der Waals surface area (Å²) in [6, 6.07) is 0. The van der Waals surface area contributed by atoms with Crippen LogP contribution in [0.2, 0.25) is 0 Å². The van der Waals surface area contributed by atoms with Crippen molar-refractivity contribution in [3.63, 3.8) is 0 Å². The number of hydrogen-bond acceptors (Lipinski definition) is 4. The van der Waals surface area contributed by atoms with Crippen LogP contribution in [-0.4, -0.2) is 27.6 Å². The van der Waals surface area contributed by atoms with Gasteiger partial charge in [-0.05, 0) is 38.5 Å². The molecule has 1 atom stereocenters. The Morgan fingerprint density at radius 1 is 1.42 bits per heavy atom. The Kier molecular flexibility index (Phi) is 4.71. The van der Waals surface area contributed by atoms with Gasteiger partial charge < -0.3 is 10.4 Å². The number of carboxylic acid groups (broad SMARTS) is 1. The van der Waals surface area contributed by atoms with Gasteiger partial charge in [-0.15, -0.1) is 0 Å². The molecule has 0 radical (unpaired) electrons. The van der Waals surface area contributed by atoms with Gasteiger partial charge in [0, 0.05) is 17.8 Å². The van der Waals surface area contributed by atoms with Crippen molar-refractivity contribution in [1.29, 1.82) is 0 Å². The summed E-state index contributed by atoms with van der Waals surface area (Å²) in [6.07, 6.45) is 7.64. The second kappa shape index (κ2) is 6.50. The SMILES string of the molecule is CC(CCCNc1ncnc2c1CCCC2)C(=O)O. The van der Waals surface area contributed by atoms with E-state index in [0.717, 1.165) is 31.6 Å². The van der Waals surface area contributed by atoms with E-state index >= 15 is 0 Å². The molecular formula is C14H21N3O2. The highest BCUT2D eigenvalue weighted by atomic mass is 16.4. The zero-order chi connectivity index (χ0) is 13.7. The van der Waals surface area contributed by atoms with E-state index in [1.165, 1.54) is 24.1 Å². The maximum Gasteiger partial charge on any atom is 0.306 e. The smallest absolute Gasteiger partial charge is 0.306 e. The number of fused-ring (bicyclic) bond motifs is 1. The van der Waals surface area contributed by atoms with Gasteiger partial charge in [-0.1, -0.05) is 6.92 Å². The molecule has 5 heteroatoms. The van der Waals surface area contributed by atoms with Crippen molar-refractivity contribution >= 4 is 11.8 Å². The minimum absolute atomic E-state index is 0.277. The number of carbonyl (C=O) groups is 1. The fourth-order valence-corrected chi connectivity index (χ4v) is 2.41. The van der Waals surface area contributed by atoms with Crippen molar-refractivity contribution < 1.29 is 9.90 Å². The molecule has 0 fully saturated rings. The predicted octanol–water partition coefficient (Wildman–Crippen LogP) is 2.27. The molecule has 1 aliphatic carbocycles. The van der Waals surface area contributed by atoms with Gasteiger partial charge in [0.25, 0.3) is 0 Å². The summed E-state index contributed by atoms with van der Waals surface area (Å²) in [5.74, 6) is -0.0618. The van der Waals surface area contributed by atoms with E-state index in [0.29, 0.717) is 6.42 Å². The molecule has 2 N–H and O–H groups in total. The Hall–Kier alpha value is -1.65. The van der Waals surface area contributed by atoms with E-state index < -0.39 is 5.97 Å². The summed E-state index contributed by atoms with van der Waals surface area (Å²) in [7, 11) is 0. The first-order chi connectivity index (χ1) is 9.18. The minimum atomic E-state index is -0.723. The average Bonchev–Trinajstić information content (AvgIpc) is 2.43. The summed E-state index contributed by atoms with van der Waals surface area (Å²) in [5, 5.41) is 12.1. The van der Waals surface area contributed by atoms with Gasteiger partial charge in [0.2, 0.25) is 0 Å². The van der Waals surface area contributed by atoms with Gasteiger partial charge in [-0.25, -0.2) is 9.97 Å². The van der Waals surface area contributed by atoms with Gasteiger partial charge in [-0.3, -0.25) is 4.79 Å². The van der Waals surface area contributed by atoms with Crippen LogP contribution < -0.4 is 5.32 Å². The molecule has 104 valence electrons. The lowest BCUT2D eigenvalue weighted by Crippen LogP contribution is -2.14. The summed E-state index contributed by atoms with van der Waals surface area (Å²) in [4.78, 5) is 19.4. The Balaban J connectivity index is 1.85. The summed E-state index contributed by atoms with van der Waals surface area (Å²) in [6.45, 7) is 2.51. The minimum Gasteiger partial charge on any atom is -0.481 e. The molecule has 1 unspecified atom stereocenters. The molecule has 1 heterocycles. The second-order valence-corrected chi connectivity index (χ2v) is 5.16. The lowest BCUT2D eigenvalue weighted by molar-refractivity contribution is -0.141. The van der Waals surface area contributed by atoms with Gasteiger partial charge in [-0.2, -0.15) is 0 Å². The van der Waals surface area contributed by atoms with Crippen LogP contribution in [-0.2, 0) is 17.6 Å². The third-order valence-electron chi connectivity index (χ3n) is 3.65. The van der Waals surface area contributed by atoms with Crippen LogP contribution in [0.3, 0.4) is 0 Å². The lowest BCUT2D eigenvalue weighted by Gasteiger charge is -2.18. The third-order valence-corrected chi connectivity index (χ3v) is 3.65. The average molecular weight is 263 g/mol. The molecule has 2 rings (SSSR count). The number of hydrogen-bond donors (Lipinski definition) is 2. The zero-order valence-corrected chi connectivity index (χ0v) is 11.4. The molecule has 0 saturated carbocycles. The normalized spacial score (nSPS) is 15.6. The maximum absolute atomic E-state index is 10.7. The molecular weight excluding hydrogens is 242 g/mol. The molecule has 19 heavy (non-hydrogen) atoms. The predicted molar refractivity (Wildman–Crippen MR) is 73.2 cm³/mol. The molecule has 0 bridgehead atoms. The fourth-order valence-electron chi connectivity index (χ4n) is 2.41. The molecule has 1 aromatic heterocycles. The zero-order valence-electron chi connectivity index (χ0n) is 11.4. The molecule has 1 aliphatic rings. The first kappa shape index (κ1) is 13.8. The number of anilines is 1. The second-order valence-electron chi connectivity index (χ2n) is 5.16. The number of rotatable bonds is 6. The van der Waals surface area contributed by atoms with Gasteiger partial charge in [0.05, 0.1) is 5.92 Å². The standard InChI is InChI=1S/C14H21N3O2/c1-10(14(18)19)5-4-8-15-13-11-6-2-3-7-12(11)16-9-17-13/h9-10H,2-8H2,1H3,(H,18,19)(H,15,16,17). The first-order valence-corrected chi connectivity index (χ1v) is 6.98. The van der Waals surface area contributed by atoms with E-state index in [9.17, 15) is 4.79 Å². The highest BCUT2D eigenvalue weighted by molar-refractivity contribution is 5.69. The van der Waals surface area contributed by atoms with E-state index in [-0.39, 0.29) is 5.92 Å². The van der Waals surface area contributed by atoms with E-state index in [4.69, 9.17) is 5.11 Å². The fraction of sp³-hybridized carbons (Fsp3) is 0.643. The Labute approximate surface area is 113 Å². The largest absolute Gasteiger partial charge is 0.481 e. The molecule has 1 aromatic rings. The molecule has 5 nitrogen and oxygen atoms in total. The quantitative estimate of drug-likeness (QED) is 0.770. The van der Waals surface area contributed by atoms with Gasteiger partial charge in [0.1, 0.15) is 12.1 Å². The lowest BCUT2D eigenvalue weighted by atomic mass is 9.96. The van der Waals surface area contributed by atoms with Crippen molar-refractivity contribution in [2.75, 3.05) is 11.9 Å². The Bertz CT molecular complexity index is 448. The number of nitrogens with zero attached hydrogens (tertiary/aromatic N) is 2. The van der Waals surface area contributed by atoms with Crippen molar-refractivity contribution in [3.8, 4) is 0 Å². The van der Waals surface area contributed by atoms with Crippen LogP contribution in [0.1, 0.15) is 43.9 Å². The van der Waals surface area contributed by atoms with Gasteiger partial charge >= 0.3 is 5.97 Å². The van der Waals surface area contributed by atoms with Crippen LogP contribution in [0.5, 0.6) is 0 Å². The summed E-state index contributed by atoms with van der Waals surface area (Å²) in [5.41, 5.74) is 2.42. The van der Waals surface area contributed by atoms with Crippen LogP contribution in [0.15, 0.2) is 6.33 Å². The van der Waals surface area contributed by atoms with Crippen LogP contribution in [0, 0.1) is 5.92 Å². The number of aryl methyl sites for hydroxylation is 1. The highest BCUT2D eigenvalue weighted by Crippen LogP contribution is 2.24. The molecule has 0 aromatic carbocycles. The van der Waals surface area contributed by atoms with Crippen molar-refractivity contribution in [1.82, 2.24) is 9.97 Å². The van der Waals surface area contributed by atoms with Gasteiger partial charge in [0.15, 0.2) is 0 Å². The van der Waals surface area contributed by atoms with Crippen LogP contribution >= 0.6 is 0 Å². The first-order valence-electron chi connectivity index (χ1n) is 6.98. The number of carboxylic acids is 1. The van der Waals surface area contributed by atoms with Crippen LogP contribution in [0.25, 0.3) is 0 Å². The molecule has 0 spiro atoms. The van der Waals surface area contributed by atoms with Crippen molar-refractivity contribution in [2.24, 2.45) is 5.92 Å². The van der Waals surface area contributed by atoms with E-state index in [2.05, 4.69) is 15.3 Å². The van der Waals surface area contributed by atoms with Crippen molar-refractivity contribution in [3.05, 3.63) is 17.6 Å². The number of nitrogens with one attached hydrogen (secondary N) is 1. The number of aliphatic carboxylic acids is 1. The monoisotopic (exact) mass is 263 g/mol. The molecule has 0 aliphatic heterocycles.